The van der Waals surface area contributed by atoms with E-state index in [0.717, 1.165) is 41.2 Å². The van der Waals surface area contributed by atoms with Gasteiger partial charge in [0.2, 0.25) is 5.13 Å². The van der Waals surface area contributed by atoms with Crippen LogP contribution in [-0.2, 0) is 21.3 Å². The molecule has 1 amide bonds. The van der Waals surface area contributed by atoms with Gasteiger partial charge in [-0.25, -0.2) is 0 Å². The lowest BCUT2D eigenvalue weighted by atomic mass is 10.1. The van der Waals surface area contributed by atoms with E-state index in [9.17, 15) is 28.6 Å². The number of hydrogen-bond donors (Lipinski definition) is 1. The van der Waals surface area contributed by atoms with Gasteiger partial charge in [-0.2, -0.15) is 13.7 Å². The van der Waals surface area contributed by atoms with E-state index in [0.29, 0.717) is 11.4 Å². The molecular formula is C25H17N5O6S2. The summed E-state index contributed by atoms with van der Waals surface area (Å²) >= 11 is 1.16. The van der Waals surface area contributed by atoms with Crippen LogP contribution in [0.1, 0.15) is 16.1 Å². The normalized spacial score (nSPS) is 11.4. The van der Waals surface area contributed by atoms with E-state index in [1.165, 1.54) is 24.3 Å². The molecule has 11 nitrogen and oxygen atoms in total. The second-order valence-electron chi connectivity index (χ2n) is 7.61. The molecule has 4 rings (SSSR count). The molecule has 0 spiro atoms. The summed E-state index contributed by atoms with van der Waals surface area (Å²) in [6.07, 6.45) is 1.71. The van der Waals surface area contributed by atoms with Crippen molar-refractivity contribution in [3.05, 3.63) is 111 Å². The van der Waals surface area contributed by atoms with Crippen molar-refractivity contribution in [1.82, 2.24) is 10.2 Å². The molecule has 3 aromatic carbocycles. The number of aromatic nitrogens is 2. The van der Waals surface area contributed by atoms with Crippen LogP contribution in [-0.4, -0.2) is 29.4 Å². The number of carbonyl (C=O) groups is 1. The summed E-state index contributed by atoms with van der Waals surface area (Å²) in [5.74, 6) is -0.907. The summed E-state index contributed by atoms with van der Waals surface area (Å²) in [7, 11) is -4.36. The van der Waals surface area contributed by atoms with E-state index < -0.39 is 20.9 Å². The molecule has 1 aromatic heterocycles. The monoisotopic (exact) mass is 547 g/mol. The Hall–Kier alpha value is -4.93. The van der Waals surface area contributed by atoms with E-state index in [4.69, 9.17) is 4.18 Å². The summed E-state index contributed by atoms with van der Waals surface area (Å²) in [4.78, 5) is 22.6. The van der Waals surface area contributed by atoms with Crippen molar-refractivity contribution < 1.29 is 22.3 Å². The highest BCUT2D eigenvalue weighted by Crippen LogP contribution is 2.26. The van der Waals surface area contributed by atoms with Crippen LogP contribution in [0.2, 0.25) is 0 Å². The Morgan fingerprint density at radius 3 is 2.42 bits per heavy atom. The van der Waals surface area contributed by atoms with Crippen LogP contribution in [0.25, 0.3) is 6.08 Å². The highest BCUT2D eigenvalue weighted by atomic mass is 32.2. The van der Waals surface area contributed by atoms with E-state index >= 15 is 0 Å². The van der Waals surface area contributed by atoms with Crippen LogP contribution in [0.4, 0.5) is 10.8 Å². The van der Waals surface area contributed by atoms with E-state index in [1.54, 1.807) is 12.1 Å². The number of nitriles is 1. The van der Waals surface area contributed by atoms with Gasteiger partial charge in [-0.3, -0.25) is 20.2 Å². The Morgan fingerprint density at radius 1 is 1.05 bits per heavy atom. The average molecular weight is 548 g/mol. The number of hydrogen-bond acceptors (Lipinski definition) is 10. The summed E-state index contributed by atoms with van der Waals surface area (Å²) in [6.45, 7) is 0. The molecule has 0 aliphatic rings. The largest absolute Gasteiger partial charge is 0.378 e. The molecular weight excluding hydrogens is 530 g/mol. The van der Waals surface area contributed by atoms with Crippen LogP contribution in [0.15, 0.2) is 89.3 Å². The predicted molar refractivity (Wildman–Crippen MR) is 139 cm³/mol. The van der Waals surface area contributed by atoms with Gasteiger partial charge < -0.3 is 4.18 Å². The number of rotatable bonds is 9. The highest BCUT2D eigenvalue weighted by Gasteiger charge is 2.20. The summed E-state index contributed by atoms with van der Waals surface area (Å²) < 4.78 is 30.7. The van der Waals surface area contributed by atoms with Gasteiger partial charge in [-0.1, -0.05) is 59.9 Å². The first-order valence-electron chi connectivity index (χ1n) is 10.8. The number of carbonyl (C=O) groups excluding carboxylic acids is 1. The molecule has 0 unspecified atom stereocenters. The maximum atomic E-state index is 12.7. The fourth-order valence-electron chi connectivity index (χ4n) is 3.19. The van der Waals surface area contributed by atoms with Crippen LogP contribution in [0.5, 0.6) is 5.75 Å². The standard InChI is InChI=1S/C25H17N5O6S2/c26-16-19(24(31)27-25-29-28-23(37-25)14-17-6-2-1-3-7-17)15-18-8-4-5-9-22(18)36-38(34,35)21-12-10-20(11-13-21)30(32)33/h1-13,15H,14H2,(H,27,29,31)/b19-15+. The zero-order valence-corrected chi connectivity index (χ0v) is 21.0. The van der Waals surface area contributed by atoms with E-state index in [2.05, 4.69) is 15.5 Å². The number of benzene rings is 3. The lowest BCUT2D eigenvalue weighted by Gasteiger charge is -2.10. The first-order valence-corrected chi connectivity index (χ1v) is 13.0. The van der Waals surface area contributed by atoms with Crippen LogP contribution in [0.3, 0.4) is 0 Å². The molecule has 1 heterocycles. The van der Waals surface area contributed by atoms with Crippen LogP contribution >= 0.6 is 11.3 Å². The van der Waals surface area contributed by atoms with Gasteiger partial charge >= 0.3 is 10.1 Å². The third-order valence-electron chi connectivity index (χ3n) is 5.01. The number of anilines is 1. The molecule has 0 aliphatic carbocycles. The Labute approximate surface area is 220 Å². The van der Waals surface area contributed by atoms with Crippen molar-refractivity contribution in [2.24, 2.45) is 0 Å². The fraction of sp³-hybridized carbons (Fsp3) is 0.0400. The molecule has 0 fully saturated rings. The van der Waals surface area contributed by atoms with Crippen molar-refractivity contribution in [2.75, 3.05) is 5.32 Å². The third-order valence-corrected chi connectivity index (χ3v) is 7.09. The van der Waals surface area contributed by atoms with Crippen molar-refractivity contribution in [1.29, 1.82) is 5.26 Å². The molecule has 0 atom stereocenters. The summed E-state index contributed by atoms with van der Waals surface area (Å²) in [5, 5.41) is 31.8. The van der Waals surface area contributed by atoms with Gasteiger partial charge in [0, 0.05) is 24.1 Å². The predicted octanol–water partition coefficient (Wildman–Crippen LogP) is 4.35. The zero-order valence-electron chi connectivity index (χ0n) is 19.3. The van der Waals surface area contributed by atoms with Crippen molar-refractivity contribution in [3.8, 4) is 11.8 Å². The molecule has 13 heteroatoms. The molecule has 4 aromatic rings. The van der Waals surface area contributed by atoms with Crippen molar-refractivity contribution in [3.63, 3.8) is 0 Å². The fourth-order valence-corrected chi connectivity index (χ4v) is 4.91. The average Bonchev–Trinajstić information content (AvgIpc) is 3.34. The second kappa shape index (κ2) is 11.4. The minimum atomic E-state index is -4.36. The number of nitro benzene ring substituents is 1. The minimum Gasteiger partial charge on any atom is -0.378 e. The first kappa shape index (κ1) is 26.1. The summed E-state index contributed by atoms with van der Waals surface area (Å²) in [5.41, 5.74) is 0.569. The number of non-ortho nitro benzene ring substituents is 1. The lowest BCUT2D eigenvalue weighted by molar-refractivity contribution is -0.384. The van der Waals surface area contributed by atoms with Crippen molar-refractivity contribution >= 4 is 44.3 Å². The topological polar surface area (TPSA) is 165 Å². The maximum Gasteiger partial charge on any atom is 0.339 e. The Kier molecular flexibility index (Phi) is 7.86. The lowest BCUT2D eigenvalue weighted by Crippen LogP contribution is -2.14. The van der Waals surface area contributed by atoms with Gasteiger partial charge in [0.05, 0.1) is 4.92 Å². The van der Waals surface area contributed by atoms with Crippen LogP contribution < -0.4 is 9.50 Å². The second-order valence-corrected chi connectivity index (χ2v) is 10.2. The SMILES string of the molecule is N#C/C(=C\c1ccccc1OS(=O)(=O)c1ccc([N+](=O)[O-])cc1)C(=O)Nc1nnc(Cc2ccccc2)s1. The summed E-state index contributed by atoms with van der Waals surface area (Å²) in [6, 6.07) is 21.5. The van der Waals surface area contributed by atoms with Gasteiger partial charge in [0.15, 0.2) is 0 Å². The highest BCUT2D eigenvalue weighted by molar-refractivity contribution is 7.87. The number of nitro groups is 1. The van der Waals surface area contributed by atoms with Gasteiger partial charge in [0.1, 0.15) is 27.3 Å². The van der Waals surface area contributed by atoms with Gasteiger partial charge in [-0.05, 0) is 29.8 Å². The molecule has 0 saturated carbocycles. The number of amides is 1. The van der Waals surface area contributed by atoms with Crippen LogP contribution in [0, 0.1) is 21.4 Å². The molecule has 1 N–H and O–H groups in total. The van der Waals surface area contributed by atoms with E-state index in [1.807, 2.05) is 30.3 Å². The minimum absolute atomic E-state index is 0.145. The quantitative estimate of drug-likeness (QED) is 0.105. The third kappa shape index (κ3) is 6.44. The Balaban J connectivity index is 1.51. The molecule has 0 saturated heterocycles. The van der Waals surface area contributed by atoms with Gasteiger partial charge in [0.25, 0.3) is 11.6 Å². The number of para-hydroxylation sites is 1. The zero-order chi connectivity index (χ0) is 27.1. The number of nitrogens with zero attached hydrogens (tertiary/aromatic N) is 4. The Bertz CT molecular complexity index is 1660. The molecule has 0 radical (unpaired) electrons. The first-order chi connectivity index (χ1) is 18.2. The maximum absolute atomic E-state index is 12.7. The smallest absolute Gasteiger partial charge is 0.339 e. The van der Waals surface area contributed by atoms with E-state index in [-0.39, 0.29) is 32.6 Å². The molecule has 38 heavy (non-hydrogen) atoms. The van der Waals surface area contributed by atoms with Crippen molar-refractivity contribution in [2.45, 2.75) is 11.3 Å². The molecule has 0 aliphatic heterocycles. The molecule has 190 valence electrons. The number of nitrogens with one attached hydrogen (secondary N) is 1. The Morgan fingerprint density at radius 2 is 1.74 bits per heavy atom. The molecule has 0 bridgehead atoms. The van der Waals surface area contributed by atoms with Gasteiger partial charge in [-0.15, -0.1) is 10.2 Å².